The zero-order valence-corrected chi connectivity index (χ0v) is 15.4. The molecule has 5 rings (SSSR count). The van der Waals surface area contributed by atoms with Crippen molar-refractivity contribution in [1.29, 1.82) is 0 Å². The number of amides is 2. The van der Waals surface area contributed by atoms with Crippen LogP contribution in [0.25, 0.3) is 0 Å². The fourth-order valence-corrected chi connectivity index (χ4v) is 5.17. The number of benzene rings is 2. The lowest BCUT2D eigenvalue weighted by atomic mass is 9.85. The monoisotopic (exact) mass is 396 g/mol. The second-order valence-electron chi connectivity index (χ2n) is 7.78. The lowest BCUT2D eigenvalue weighted by Crippen LogP contribution is -2.46. The first-order chi connectivity index (χ1) is 14.0. The summed E-state index contributed by atoms with van der Waals surface area (Å²) in [6, 6.07) is 9.83. The number of rotatable bonds is 3. The Morgan fingerprint density at radius 1 is 0.931 bits per heavy atom. The van der Waals surface area contributed by atoms with E-state index in [2.05, 4.69) is 0 Å². The molecule has 5 nitrogen and oxygen atoms in total. The Kier molecular flexibility index (Phi) is 4.10. The number of hydrogen-bond acceptors (Lipinski definition) is 4. The minimum atomic E-state index is -0.857. The molecule has 0 N–H and O–H groups in total. The third kappa shape index (κ3) is 2.57. The van der Waals surface area contributed by atoms with Crippen molar-refractivity contribution < 1.29 is 23.2 Å². The first-order valence-electron chi connectivity index (χ1n) is 9.67. The fourth-order valence-electron chi connectivity index (χ4n) is 5.17. The summed E-state index contributed by atoms with van der Waals surface area (Å²) < 4.78 is 27.6. The lowest BCUT2D eigenvalue weighted by Gasteiger charge is -2.27. The van der Waals surface area contributed by atoms with E-state index in [0.29, 0.717) is 18.5 Å². The van der Waals surface area contributed by atoms with E-state index in [1.54, 1.807) is 6.07 Å². The third-order valence-corrected chi connectivity index (χ3v) is 6.34. The Balaban J connectivity index is 1.56. The highest BCUT2D eigenvalue weighted by Gasteiger charge is 2.64. The van der Waals surface area contributed by atoms with Crippen LogP contribution < -0.4 is 4.90 Å². The number of hydrogen-bond donors (Lipinski definition) is 0. The number of carbonyl (C=O) groups is 3. The Morgan fingerprint density at radius 3 is 2.34 bits per heavy atom. The predicted octanol–water partition coefficient (Wildman–Crippen LogP) is 2.80. The van der Waals surface area contributed by atoms with Gasteiger partial charge in [-0.1, -0.05) is 12.1 Å². The van der Waals surface area contributed by atoms with E-state index in [9.17, 15) is 23.2 Å². The van der Waals surface area contributed by atoms with E-state index < -0.39 is 41.3 Å². The van der Waals surface area contributed by atoms with E-state index in [1.807, 2.05) is 4.90 Å². The lowest BCUT2D eigenvalue weighted by molar-refractivity contribution is -0.123. The molecule has 3 aliphatic heterocycles. The van der Waals surface area contributed by atoms with Crippen LogP contribution in [0.5, 0.6) is 0 Å². The molecular formula is C22H18F2N2O3. The molecule has 0 bridgehead atoms. The topological polar surface area (TPSA) is 57.7 Å². The predicted molar refractivity (Wildman–Crippen MR) is 100 cm³/mol. The average Bonchev–Trinajstić information content (AvgIpc) is 3.35. The highest BCUT2D eigenvalue weighted by atomic mass is 19.1. The molecule has 4 atom stereocenters. The second-order valence-corrected chi connectivity index (χ2v) is 7.78. The number of anilines is 1. The van der Waals surface area contributed by atoms with E-state index >= 15 is 0 Å². The summed E-state index contributed by atoms with van der Waals surface area (Å²) >= 11 is 0. The van der Waals surface area contributed by atoms with Gasteiger partial charge >= 0.3 is 0 Å². The molecule has 3 heterocycles. The molecule has 2 aromatic carbocycles. The number of nitrogens with zero attached hydrogens (tertiary/aromatic N) is 2. The molecule has 148 valence electrons. The molecule has 2 amide bonds. The van der Waals surface area contributed by atoms with Crippen molar-refractivity contribution in [2.45, 2.75) is 24.9 Å². The number of ketones is 1. The number of imide groups is 1. The van der Waals surface area contributed by atoms with Crippen molar-refractivity contribution >= 4 is 23.3 Å². The maximum absolute atomic E-state index is 14.3. The van der Waals surface area contributed by atoms with Gasteiger partial charge in [0, 0.05) is 11.6 Å². The van der Waals surface area contributed by atoms with Gasteiger partial charge in [0.05, 0.1) is 23.6 Å². The van der Waals surface area contributed by atoms with Gasteiger partial charge < -0.3 is 0 Å². The minimum Gasteiger partial charge on any atom is -0.292 e. The quantitative estimate of drug-likeness (QED) is 0.591. The molecule has 0 radical (unpaired) electrons. The Bertz CT molecular complexity index is 1020. The second kappa shape index (κ2) is 6.56. The van der Waals surface area contributed by atoms with Crippen molar-refractivity contribution in [3.05, 3.63) is 65.7 Å². The highest BCUT2D eigenvalue weighted by Crippen LogP contribution is 2.48. The van der Waals surface area contributed by atoms with Gasteiger partial charge in [-0.25, -0.2) is 13.7 Å². The summed E-state index contributed by atoms with van der Waals surface area (Å²) in [4.78, 5) is 42.6. The van der Waals surface area contributed by atoms with E-state index in [1.165, 1.54) is 42.5 Å². The van der Waals surface area contributed by atoms with Crippen LogP contribution >= 0.6 is 0 Å². The van der Waals surface area contributed by atoms with E-state index in [-0.39, 0.29) is 17.5 Å². The van der Waals surface area contributed by atoms with Crippen LogP contribution in [0.1, 0.15) is 23.2 Å². The minimum absolute atomic E-state index is 0.0746. The molecule has 3 saturated heterocycles. The summed E-state index contributed by atoms with van der Waals surface area (Å²) in [5.74, 6) is -3.93. The van der Waals surface area contributed by atoms with Crippen LogP contribution in [0.4, 0.5) is 14.5 Å². The van der Waals surface area contributed by atoms with E-state index in [4.69, 9.17) is 0 Å². The number of carbonyl (C=O) groups excluding carboxylic acids is 3. The number of Topliss-reactive ketones (excluding diaryl/α,β-unsaturated/α-hetero) is 1. The van der Waals surface area contributed by atoms with Gasteiger partial charge in [0.2, 0.25) is 11.8 Å². The van der Waals surface area contributed by atoms with Crippen molar-refractivity contribution in [2.75, 3.05) is 11.4 Å². The largest absolute Gasteiger partial charge is 0.292 e. The third-order valence-electron chi connectivity index (χ3n) is 6.34. The van der Waals surface area contributed by atoms with Crippen LogP contribution in [-0.4, -0.2) is 41.1 Å². The molecule has 7 heteroatoms. The van der Waals surface area contributed by atoms with Crippen LogP contribution in [-0.2, 0) is 9.59 Å². The normalized spacial score (nSPS) is 28.7. The fraction of sp³-hybridized carbons (Fsp3) is 0.318. The van der Waals surface area contributed by atoms with Gasteiger partial charge in [0.25, 0.3) is 0 Å². The summed E-state index contributed by atoms with van der Waals surface area (Å²) in [5, 5.41) is 0. The standard InChI is InChI=1S/C22H18F2N2O3/c23-13-9-7-12(8-10-13)20(27)19-18-17(16-6-3-11-25(16)19)21(28)26(22(18)29)15-5-2-1-4-14(15)24/h1-2,4-5,7-10,16-19H,3,6,11H2/t16-,17+,18+,19-/m0/s1. The summed E-state index contributed by atoms with van der Waals surface area (Å²) in [7, 11) is 0. The molecule has 0 aromatic heterocycles. The van der Waals surface area contributed by atoms with Gasteiger partial charge in [-0.15, -0.1) is 0 Å². The molecule has 0 saturated carbocycles. The zero-order chi connectivity index (χ0) is 20.3. The Hall–Kier alpha value is -2.93. The summed E-state index contributed by atoms with van der Waals surface area (Å²) in [6.07, 6.45) is 1.53. The molecule has 0 unspecified atom stereocenters. The van der Waals surface area contributed by atoms with Crippen molar-refractivity contribution in [3.8, 4) is 0 Å². The first-order valence-corrected chi connectivity index (χ1v) is 9.67. The molecule has 3 aliphatic rings. The van der Waals surface area contributed by atoms with Crippen LogP contribution in [0.2, 0.25) is 0 Å². The Morgan fingerprint density at radius 2 is 1.62 bits per heavy atom. The van der Waals surface area contributed by atoms with Gasteiger partial charge in [-0.3, -0.25) is 19.3 Å². The van der Waals surface area contributed by atoms with Gasteiger partial charge in [-0.05, 0) is 55.8 Å². The number of para-hydroxylation sites is 1. The summed E-state index contributed by atoms with van der Waals surface area (Å²) in [6.45, 7) is 0.621. The molecule has 2 aromatic rings. The summed E-state index contributed by atoms with van der Waals surface area (Å²) in [5.41, 5.74) is 0.224. The Labute approximate surface area is 165 Å². The smallest absolute Gasteiger partial charge is 0.239 e. The molecule has 0 aliphatic carbocycles. The molecule has 3 fully saturated rings. The molecular weight excluding hydrogens is 378 g/mol. The van der Waals surface area contributed by atoms with Gasteiger partial charge in [-0.2, -0.15) is 0 Å². The molecule has 29 heavy (non-hydrogen) atoms. The average molecular weight is 396 g/mol. The maximum atomic E-state index is 14.3. The van der Waals surface area contributed by atoms with Gasteiger partial charge in [0.1, 0.15) is 11.6 Å². The number of halogens is 2. The molecule has 0 spiro atoms. The zero-order valence-electron chi connectivity index (χ0n) is 15.4. The van der Waals surface area contributed by atoms with Crippen molar-refractivity contribution in [3.63, 3.8) is 0 Å². The van der Waals surface area contributed by atoms with Crippen molar-refractivity contribution in [1.82, 2.24) is 4.90 Å². The maximum Gasteiger partial charge on any atom is 0.239 e. The van der Waals surface area contributed by atoms with Crippen LogP contribution in [0, 0.1) is 23.5 Å². The van der Waals surface area contributed by atoms with Crippen molar-refractivity contribution in [2.24, 2.45) is 11.8 Å². The van der Waals surface area contributed by atoms with Gasteiger partial charge in [0.15, 0.2) is 5.78 Å². The first kappa shape index (κ1) is 18.1. The van der Waals surface area contributed by atoms with Crippen LogP contribution in [0.3, 0.4) is 0 Å². The highest BCUT2D eigenvalue weighted by molar-refractivity contribution is 6.24. The SMILES string of the molecule is O=C(c1ccc(F)cc1)[C@@H]1[C@@H]2C(=O)N(c3ccccc3F)C(=O)[C@@H]2[C@@H]2CCCN12. The van der Waals surface area contributed by atoms with E-state index in [0.717, 1.165) is 11.3 Å². The number of fused-ring (bicyclic) bond motifs is 3. The van der Waals surface area contributed by atoms with Crippen LogP contribution in [0.15, 0.2) is 48.5 Å².